The molecular weight excluding hydrogens is 480 g/mol. The van der Waals surface area contributed by atoms with E-state index in [9.17, 15) is 4.79 Å². The summed E-state index contributed by atoms with van der Waals surface area (Å²) in [6, 6.07) is 7.33. The van der Waals surface area contributed by atoms with Crippen molar-refractivity contribution in [1.82, 2.24) is 20.2 Å². The molecule has 1 aromatic carbocycles. The van der Waals surface area contributed by atoms with Crippen LogP contribution in [0.2, 0.25) is 0 Å². The molecule has 0 saturated carbocycles. The average molecular weight is 511 g/mol. The quantitative estimate of drug-likeness (QED) is 0.282. The predicted molar refractivity (Wildman–Crippen MR) is 139 cm³/mol. The standard InChI is InChI=1S/C25H30N6O4S/c1-25(2,3)29-22(32)19-13-16-21(27-24(26)28-23(16)36-19)20(30-35-11-10-31-8-4-5-9-31)15-6-7-17-18(12-15)34-14-33-17/h6-7,12-13H,4-5,8-11,14H2,1-3H3,(H,29,32)(H2,26,27,28)/b30-20-. The minimum Gasteiger partial charge on any atom is -0.454 e. The van der Waals surface area contributed by atoms with Crippen molar-refractivity contribution in [2.75, 3.05) is 38.8 Å². The summed E-state index contributed by atoms with van der Waals surface area (Å²) < 4.78 is 11.0. The number of nitrogens with one attached hydrogen (secondary N) is 1. The molecule has 0 aliphatic carbocycles. The van der Waals surface area contributed by atoms with Crippen molar-refractivity contribution in [3.05, 3.63) is 40.4 Å². The van der Waals surface area contributed by atoms with Gasteiger partial charge in [0.2, 0.25) is 12.7 Å². The van der Waals surface area contributed by atoms with Gasteiger partial charge in [0.05, 0.1) is 4.88 Å². The van der Waals surface area contributed by atoms with Gasteiger partial charge in [-0.05, 0) is 71.0 Å². The van der Waals surface area contributed by atoms with Crippen LogP contribution in [0.15, 0.2) is 29.4 Å². The van der Waals surface area contributed by atoms with Crippen molar-refractivity contribution in [2.24, 2.45) is 5.16 Å². The molecule has 3 N–H and O–H groups in total. The zero-order valence-corrected chi connectivity index (χ0v) is 21.5. The Morgan fingerprint density at radius 2 is 1.97 bits per heavy atom. The number of nitrogen functional groups attached to an aromatic ring is 1. The first-order chi connectivity index (χ1) is 17.3. The van der Waals surface area contributed by atoms with E-state index in [1.807, 2.05) is 39.0 Å². The molecule has 0 atom stereocenters. The van der Waals surface area contributed by atoms with E-state index in [0.29, 0.717) is 44.6 Å². The fraction of sp³-hybridized carbons (Fsp3) is 0.440. The molecule has 0 radical (unpaired) electrons. The lowest BCUT2D eigenvalue weighted by Crippen LogP contribution is -2.40. The molecule has 1 amide bonds. The predicted octanol–water partition coefficient (Wildman–Crippen LogP) is 3.40. The van der Waals surface area contributed by atoms with Gasteiger partial charge in [0, 0.05) is 23.0 Å². The highest BCUT2D eigenvalue weighted by Gasteiger charge is 2.24. The smallest absolute Gasteiger partial charge is 0.261 e. The van der Waals surface area contributed by atoms with Gasteiger partial charge in [-0.2, -0.15) is 0 Å². The summed E-state index contributed by atoms with van der Waals surface area (Å²) in [7, 11) is 0. The van der Waals surface area contributed by atoms with Crippen LogP contribution in [0.25, 0.3) is 10.2 Å². The van der Waals surface area contributed by atoms with Gasteiger partial charge >= 0.3 is 0 Å². The van der Waals surface area contributed by atoms with Gasteiger partial charge in [-0.25, -0.2) is 9.97 Å². The zero-order valence-electron chi connectivity index (χ0n) is 20.7. The van der Waals surface area contributed by atoms with E-state index in [1.54, 1.807) is 6.07 Å². The van der Waals surface area contributed by atoms with Gasteiger partial charge < -0.3 is 25.4 Å². The number of aromatic nitrogens is 2. The molecule has 2 aliphatic heterocycles. The van der Waals surface area contributed by atoms with Crippen LogP contribution in [0.1, 0.15) is 54.5 Å². The number of amides is 1. The Balaban J connectivity index is 1.53. The molecule has 3 aromatic rings. The number of rotatable bonds is 7. The minimum atomic E-state index is -0.372. The van der Waals surface area contributed by atoms with Crippen molar-refractivity contribution < 1.29 is 19.1 Å². The number of hydrogen-bond donors (Lipinski definition) is 2. The lowest BCUT2D eigenvalue weighted by molar-refractivity contribution is 0.0923. The van der Waals surface area contributed by atoms with Crippen molar-refractivity contribution in [2.45, 2.75) is 39.2 Å². The fourth-order valence-corrected chi connectivity index (χ4v) is 5.13. The summed E-state index contributed by atoms with van der Waals surface area (Å²) in [5, 5.41) is 8.17. The van der Waals surface area contributed by atoms with Crippen LogP contribution in [-0.2, 0) is 4.84 Å². The Morgan fingerprint density at radius 3 is 2.75 bits per heavy atom. The van der Waals surface area contributed by atoms with Gasteiger partial charge in [-0.1, -0.05) is 5.16 Å². The Labute approximate surface area is 213 Å². The van der Waals surface area contributed by atoms with Crippen molar-refractivity contribution in [3.8, 4) is 11.5 Å². The number of likely N-dealkylation sites (tertiary alicyclic amines) is 1. The molecule has 0 bridgehead atoms. The van der Waals surface area contributed by atoms with Gasteiger partial charge in [-0.3, -0.25) is 9.69 Å². The second kappa shape index (κ2) is 9.90. The number of fused-ring (bicyclic) bond motifs is 2. The zero-order chi connectivity index (χ0) is 25.3. The van der Waals surface area contributed by atoms with Crippen LogP contribution in [-0.4, -0.2) is 65.1 Å². The lowest BCUT2D eigenvalue weighted by Gasteiger charge is -2.19. The summed E-state index contributed by atoms with van der Waals surface area (Å²) in [5.74, 6) is 1.19. The Kier molecular flexibility index (Phi) is 6.67. The molecule has 0 spiro atoms. The number of hydrogen-bond acceptors (Lipinski definition) is 10. The van der Waals surface area contributed by atoms with Crippen LogP contribution < -0.4 is 20.5 Å². The Morgan fingerprint density at radius 1 is 1.19 bits per heavy atom. The molecule has 0 unspecified atom stereocenters. The molecule has 10 nitrogen and oxygen atoms in total. The number of benzene rings is 1. The second-order valence-corrected chi connectivity index (χ2v) is 10.9. The van der Waals surface area contributed by atoms with Crippen molar-refractivity contribution in [3.63, 3.8) is 0 Å². The highest BCUT2D eigenvalue weighted by Crippen LogP contribution is 2.35. The van der Waals surface area contributed by atoms with Crippen LogP contribution in [0.4, 0.5) is 5.95 Å². The monoisotopic (exact) mass is 510 g/mol. The maximum absolute atomic E-state index is 12.9. The molecule has 2 aliphatic rings. The molecule has 1 fully saturated rings. The molecule has 36 heavy (non-hydrogen) atoms. The van der Waals surface area contributed by atoms with E-state index >= 15 is 0 Å². The molecular formula is C25H30N6O4S. The third kappa shape index (κ3) is 5.36. The summed E-state index contributed by atoms with van der Waals surface area (Å²) in [5.41, 5.74) is 7.42. The normalized spacial score (nSPS) is 16.0. The number of oxime groups is 1. The molecule has 190 valence electrons. The molecule has 1 saturated heterocycles. The molecule has 2 aromatic heterocycles. The van der Waals surface area contributed by atoms with Crippen molar-refractivity contribution >= 4 is 39.1 Å². The van der Waals surface area contributed by atoms with E-state index in [2.05, 4.69) is 25.3 Å². The van der Waals surface area contributed by atoms with Crippen LogP contribution >= 0.6 is 11.3 Å². The van der Waals surface area contributed by atoms with E-state index in [0.717, 1.165) is 25.2 Å². The average Bonchev–Trinajstić information content (AvgIpc) is 3.57. The van der Waals surface area contributed by atoms with Crippen LogP contribution in [0.5, 0.6) is 11.5 Å². The summed E-state index contributed by atoms with van der Waals surface area (Å²) in [6.45, 7) is 9.38. The minimum absolute atomic E-state index is 0.0904. The third-order valence-electron chi connectivity index (χ3n) is 5.85. The first-order valence-corrected chi connectivity index (χ1v) is 12.8. The lowest BCUT2D eigenvalue weighted by atomic mass is 10.0. The summed E-state index contributed by atoms with van der Waals surface area (Å²) in [4.78, 5) is 31.0. The van der Waals surface area contributed by atoms with E-state index in [-0.39, 0.29) is 24.2 Å². The Bertz CT molecular complexity index is 1310. The summed E-state index contributed by atoms with van der Waals surface area (Å²) in [6.07, 6.45) is 2.43. The van der Waals surface area contributed by atoms with Gasteiger partial charge in [-0.15, -0.1) is 11.3 Å². The first-order valence-electron chi connectivity index (χ1n) is 12.0. The molecule has 11 heteroatoms. The van der Waals surface area contributed by atoms with Crippen molar-refractivity contribution in [1.29, 1.82) is 0 Å². The second-order valence-electron chi connectivity index (χ2n) is 9.85. The number of carbonyl (C=O) groups excluding carboxylic acids is 1. The SMILES string of the molecule is CC(C)(C)NC(=O)c1cc2c(/C(=N\OCCN3CCCC3)c3ccc4c(c3)OCO4)nc(N)nc2s1. The first kappa shape index (κ1) is 24.3. The molecule has 4 heterocycles. The highest BCUT2D eigenvalue weighted by molar-refractivity contribution is 7.20. The van der Waals surface area contributed by atoms with Gasteiger partial charge in [0.25, 0.3) is 5.91 Å². The largest absolute Gasteiger partial charge is 0.454 e. The topological polar surface area (TPSA) is 124 Å². The summed E-state index contributed by atoms with van der Waals surface area (Å²) >= 11 is 1.26. The van der Waals surface area contributed by atoms with E-state index in [4.69, 9.17) is 20.0 Å². The number of anilines is 1. The molecule has 5 rings (SSSR count). The number of carbonyl (C=O) groups is 1. The maximum Gasteiger partial charge on any atom is 0.261 e. The van der Waals surface area contributed by atoms with Gasteiger partial charge in [0.1, 0.15) is 22.8 Å². The highest BCUT2D eigenvalue weighted by atomic mass is 32.1. The van der Waals surface area contributed by atoms with E-state index in [1.165, 1.54) is 24.2 Å². The van der Waals surface area contributed by atoms with Crippen LogP contribution in [0.3, 0.4) is 0 Å². The number of nitrogens with two attached hydrogens (primary N) is 1. The Hall–Kier alpha value is -3.44. The number of nitrogens with zero attached hydrogens (tertiary/aromatic N) is 4. The fourth-order valence-electron chi connectivity index (χ4n) is 4.20. The van der Waals surface area contributed by atoms with E-state index < -0.39 is 0 Å². The third-order valence-corrected chi connectivity index (χ3v) is 6.87. The number of thiophene rings is 1. The number of ether oxygens (including phenoxy) is 2. The van der Waals surface area contributed by atoms with Gasteiger partial charge in [0.15, 0.2) is 11.5 Å². The van der Waals surface area contributed by atoms with Crippen LogP contribution in [0, 0.1) is 0 Å². The maximum atomic E-state index is 12.9.